The lowest BCUT2D eigenvalue weighted by molar-refractivity contribution is -0.155. The van der Waals surface area contributed by atoms with E-state index in [1.54, 1.807) is 14.1 Å². The molecule has 0 radical (unpaired) electrons. The van der Waals surface area contributed by atoms with Crippen molar-refractivity contribution in [2.45, 2.75) is 17.7 Å². The van der Waals surface area contributed by atoms with E-state index in [-0.39, 0.29) is 30.5 Å². The highest BCUT2D eigenvalue weighted by Gasteiger charge is 2.33. The Kier molecular flexibility index (Phi) is 6.12. The van der Waals surface area contributed by atoms with Gasteiger partial charge < -0.3 is 9.64 Å². The van der Waals surface area contributed by atoms with Crippen LogP contribution in [0.4, 0.5) is 4.39 Å². The number of carbonyl (C=O) groups excluding carboxylic acids is 2. The van der Waals surface area contributed by atoms with Crippen LogP contribution in [0.15, 0.2) is 29.2 Å². The first-order valence-electron chi connectivity index (χ1n) is 7.84. The first-order chi connectivity index (χ1) is 11.7. The van der Waals surface area contributed by atoms with Crippen LogP contribution in [0.2, 0.25) is 0 Å². The maximum atomic E-state index is 12.9. The van der Waals surface area contributed by atoms with Crippen LogP contribution in [0.1, 0.15) is 12.8 Å². The molecule has 1 aromatic carbocycles. The lowest BCUT2D eigenvalue weighted by Crippen LogP contribution is -2.41. The monoisotopic (exact) mass is 372 g/mol. The zero-order valence-corrected chi connectivity index (χ0v) is 15.0. The van der Waals surface area contributed by atoms with Gasteiger partial charge in [-0.15, -0.1) is 0 Å². The first-order valence-corrected chi connectivity index (χ1v) is 9.28. The topological polar surface area (TPSA) is 84.0 Å². The molecule has 1 saturated heterocycles. The van der Waals surface area contributed by atoms with Gasteiger partial charge in [-0.1, -0.05) is 0 Å². The molecule has 2 rings (SSSR count). The van der Waals surface area contributed by atoms with Gasteiger partial charge in [-0.2, -0.15) is 4.31 Å². The summed E-state index contributed by atoms with van der Waals surface area (Å²) >= 11 is 0. The molecule has 0 atom stereocenters. The van der Waals surface area contributed by atoms with E-state index in [1.165, 1.54) is 21.3 Å². The third-order valence-corrected chi connectivity index (χ3v) is 5.99. The summed E-state index contributed by atoms with van der Waals surface area (Å²) in [4.78, 5) is 24.8. The van der Waals surface area contributed by atoms with Crippen LogP contribution in [-0.4, -0.2) is 63.3 Å². The number of benzene rings is 1. The molecule has 1 heterocycles. The van der Waals surface area contributed by atoms with Crippen LogP contribution in [0, 0.1) is 11.7 Å². The fourth-order valence-electron chi connectivity index (χ4n) is 2.47. The molecule has 0 unspecified atom stereocenters. The second-order valence-corrected chi connectivity index (χ2v) is 7.97. The van der Waals surface area contributed by atoms with Gasteiger partial charge in [-0.05, 0) is 37.1 Å². The number of ether oxygens (including phenoxy) is 1. The second kappa shape index (κ2) is 7.92. The number of rotatable bonds is 5. The van der Waals surface area contributed by atoms with Gasteiger partial charge in [0.1, 0.15) is 5.82 Å². The van der Waals surface area contributed by atoms with E-state index >= 15 is 0 Å². The standard InChI is InChI=1S/C16H21FN2O5S/c1-18(2)15(20)11-24-16(21)12-7-9-19(10-8-12)25(22,23)14-5-3-13(17)4-6-14/h3-6,12H,7-11H2,1-2H3. The van der Waals surface area contributed by atoms with E-state index in [9.17, 15) is 22.4 Å². The number of piperidine rings is 1. The molecule has 1 amide bonds. The third kappa shape index (κ3) is 4.76. The van der Waals surface area contributed by atoms with Gasteiger partial charge in [0.05, 0.1) is 10.8 Å². The lowest BCUT2D eigenvalue weighted by atomic mass is 9.98. The third-order valence-electron chi connectivity index (χ3n) is 4.08. The Balaban J connectivity index is 1.91. The van der Waals surface area contributed by atoms with Crippen molar-refractivity contribution in [3.63, 3.8) is 0 Å². The molecule has 1 aliphatic heterocycles. The van der Waals surface area contributed by atoms with Crippen LogP contribution in [0.3, 0.4) is 0 Å². The number of likely N-dealkylation sites (N-methyl/N-ethyl adjacent to an activating group) is 1. The molecular formula is C16H21FN2O5S. The maximum absolute atomic E-state index is 12.9. The number of carbonyl (C=O) groups is 2. The Labute approximate surface area is 146 Å². The molecule has 0 bridgehead atoms. The molecule has 0 N–H and O–H groups in total. The molecule has 0 spiro atoms. The largest absolute Gasteiger partial charge is 0.455 e. The van der Waals surface area contributed by atoms with E-state index in [1.807, 2.05) is 0 Å². The average molecular weight is 372 g/mol. The minimum Gasteiger partial charge on any atom is -0.455 e. The Morgan fingerprint density at radius 3 is 2.28 bits per heavy atom. The van der Waals surface area contributed by atoms with Crippen molar-refractivity contribution in [1.29, 1.82) is 0 Å². The molecule has 138 valence electrons. The number of hydrogen-bond acceptors (Lipinski definition) is 5. The van der Waals surface area contributed by atoms with Gasteiger partial charge in [0.2, 0.25) is 10.0 Å². The van der Waals surface area contributed by atoms with Gasteiger partial charge in [0.25, 0.3) is 5.91 Å². The van der Waals surface area contributed by atoms with Gasteiger partial charge in [0.15, 0.2) is 6.61 Å². The summed E-state index contributed by atoms with van der Waals surface area (Å²) < 4.78 is 44.2. The summed E-state index contributed by atoms with van der Waals surface area (Å²) in [5.74, 6) is -1.75. The minimum absolute atomic E-state index is 0.0199. The number of esters is 1. The normalized spacial score (nSPS) is 16.4. The van der Waals surface area contributed by atoms with Crippen LogP contribution in [-0.2, 0) is 24.3 Å². The molecule has 25 heavy (non-hydrogen) atoms. The van der Waals surface area contributed by atoms with E-state index in [0.29, 0.717) is 12.8 Å². The zero-order chi connectivity index (χ0) is 18.6. The Hall–Kier alpha value is -2.00. The van der Waals surface area contributed by atoms with Crippen molar-refractivity contribution in [3.8, 4) is 0 Å². The number of hydrogen-bond donors (Lipinski definition) is 0. The Morgan fingerprint density at radius 1 is 1.20 bits per heavy atom. The summed E-state index contributed by atoms with van der Waals surface area (Å²) in [5, 5.41) is 0. The predicted molar refractivity (Wildman–Crippen MR) is 87.5 cm³/mol. The molecule has 1 fully saturated rings. The SMILES string of the molecule is CN(C)C(=O)COC(=O)C1CCN(S(=O)(=O)c2ccc(F)cc2)CC1. The number of nitrogens with zero attached hydrogens (tertiary/aromatic N) is 2. The fraction of sp³-hybridized carbons (Fsp3) is 0.500. The highest BCUT2D eigenvalue weighted by atomic mass is 32.2. The highest BCUT2D eigenvalue weighted by Crippen LogP contribution is 2.24. The molecular weight excluding hydrogens is 351 g/mol. The first kappa shape index (κ1) is 19.3. The van der Waals surface area contributed by atoms with Crippen molar-refractivity contribution < 1.29 is 27.1 Å². The summed E-state index contributed by atoms with van der Waals surface area (Å²) in [7, 11) is -0.582. The van der Waals surface area contributed by atoms with Gasteiger partial charge in [-0.3, -0.25) is 9.59 Å². The Bertz CT molecular complexity index is 725. The fourth-order valence-corrected chi connectivity index (χ4v) is 3.94. The molecule has 9 heteroatoms. The maximum Gasteiger partial charge on any atom is 0.309 e. The summed E-state index contributed by atoms with van der Waals surface area (Å²) in [6, 6.07) is 4.63. The van der Waals surface area contributed by atoms with E-state index in [4.69, 9.17) is 4.74 Å². The summed E-state index contributed by atoms with van der Waals surface area (Å²) in [5.41, 5.74) is 0. The summed E-state index contributed by atoms with van der Waals surface area (Å²) in [6.45, 7) is 0.0160. The second-order valence-electron chi connectivity index (χ2n) is 6.03. The number of amides is 1. The van der Waals surface area contributed by atoms with Crippen molar-refractivity contribution in [3.05, 3.63) is 30.1 Å². The van der Waals surface area contributed by atoms with E-state index in [0.717, 1.165) is 12.1 Å². The van der Waals surface area contributed by atoms with Crippen molar-refractivity contribution in [2.24, 2.45) is 5.92 Å². The van der Waals surface area contributed by atoms with Crippen molar-refractivity contribution >= 4 is 21.9 Å². The molecule has 0 aliphatic carbocycles. The van der Waals surface area contributed by atoms with Crippen molar-refractivity contribution in [1.82, 2.24) is 9.21 Å². The highest BCUT2D eigenvalue weighted by molar-refractivity contribution is 7.89. The predicted octanol–water partition coefficient (Wildman–Crippen LogP) is 0.858. The van der Waals surface area contributed by atoms with Gasteiger partial charge in [0, 0.05) is 27.2 Å². The van der Waals surface area contributed by atoms with Crippen LogP contribution in [0.25, 0.3) is 0 Å². The lowest BCUT2D eigenvalue weighted by Gasteiger charge is -2.30. The summed E-state index contributed by atoms with van der Waals surface area (Å²) in [6.07, 6.45) is 0.630. The number of sulfonamides is 1. The quantitative estimate of drug-likeness (QED) is 0.716. The van der Waals surface area contributed by atoms with Crippen LogP contribution >= 0.6 is 0 Å². The van der Waals surface area contributed by atoms with Gasteiger partial charge in [-0.25, -0.2) is 12.8 Å². The average Bonchev–Trinajstić information content (AvgIpc) is 2.59. The van der Waals surface area contributed by atoms with Crippen LogP contribution in [0.5, 0.6) is 0 Å². The minimum atomic E-state index is -3.71. The molecule has 1 aromatic rings. The van der Waals surface area contributed by atoms with Crippen molar-refractivity contribution in [2.75, 3.05) is 33.8 Å². The molecule has 0 saturated carbocycles. The van der Waals surface area contributed by atoms with Gasteiger partial charge >= 0.3 is 5.97 Å². The van der Waals surface area contributed by atoms with E-state index in [2.05, 4.69) is 0 Å². The Morgan fingerprint density at radius 2 is 1.76 bits per heavy atom. The zero-order valence-electron chi connectivity index (χ0n) is 14.1. The molecule has 7 nitrogen and oxygen atoms in total. The van der Waals surface area contributed by atoms with E-state index < -0.39 is 27.7 Å². The molecule has 0 aromatic heterocycles. The molecule has 1 aliphatic rings. The smallest absolute Gasteiger partial charge is 0.309 e. The van der Waals surface area contributed by atoms with Crippen LogP contribution < -0.4 is 0 Å². The number of halogens is 1.